The molecular formula is C26H35N3O2. The molecule has 1 unspecified atom stereocenters. The lowest BCUT2D eigenvalue weighted by Crippen LogP contribution is -2.44. The van der Waals surface area contributed by atoms with Crippen LogP contribution in [0.5, 0.6) is 5.75 Å². The number of piperidine rings is 1. The molecule has 5 nitrogen and oxygen atoms in total. The van der Waals surface area contributed by atoms with Gasteiger partial charge in [0.2, 0.25) is 5.91 Å². The maximum Gasteiger partial charge on any atom is 0.231 e. The second-order valence-corrected chi connectivity index (χ2v) is 8.89. The second-order valence-electron chi connectivity index (χ2n) is 8.89. The van der Waals surface area contributed by atoms with Crippen molar-refractivity contribution >= 4 is 11.7 Å². The third-order valence-electron chi connectivity index (χ3n) is 6.87. The summed E-state index contributed by atoms with van der Waals surface area (Å²) in [7, 11) is 1.75. The summed E-state index contributed by atoms with van der Waals surface area (Å²) >= 11 is 0. The summed E-state index contributed by atoms with van der Waals surface area (Å²) in [6, 6.07) is 14.2. The Labute approximate surface area is 186 Å². The zero-order valence-corrected chi connectivity index (χ0v) is 18.7. The zero-order valence-electron chi connectivity index (χ0n) is 18.7. The monoisotopic (exact) mass is 421 g/mol. The number of ether oxygens (including phenoxy) is 1. The SMILES string of the molecule is COc1ccccc1C1CCCN(CCN(C(=O)C2CCCCC2)c2ccccn2)C1. The smallest absolute Gasteiger partial charge is 0.231 e. The first-order valence-electron chi connectivity index (χ1n) is 11.8. The van der Waals surface area contributed by atoms with E-state index in [1.54, 1.807) is 13.3 Å². The van der Waals surface area contributed by atoms with Gasteiger partial charge in [0.15, 0.2) is 0 Å². The van der Waals surface area contributed by atoms with E-state index >= 15 is 0 Å². The largest absolute Gasteiger partial charge is 0.496 e. The Kier molecular flexibility index (Phi) is 7.57. The standard InChI is InChI=1S/C26H35N3O2/c1-31-24-14-6-5-13-23(24)22-12-9-17-28(20-22)18-19-29(25-15-7-8-16-27-25)26(30)21-10-3-2-4-11-21/h5-8,13-16,21-22H,2-4,9-12,17-20H2,1H3. The summed E-state index contributed by atoms with van der Waals surface area (Å²) in [5.74, 6) is 2.66. The Morgan fingerprint density at radius 2 is 1.87 bits per heavy atom. The maximum absolute atomic E-state index is 13.4. The van der Waals surface area contributed by atoms with Crippen molar-refractivity contribution in [2.75, 3.05) is 38.2 Å². The molecule has 0 N–H and O–H groups in total. The fourth-order valence-corrected chi connectivity index (χ4v) is 5.18. The molecular weight excluding hydrogens is 386 g/mol. The van der Waals surface area contributed by atoms with E-state index in [0.29, 0.717) is 12.5 Å². The van der Waals surface area contributed by atoms with Gasteiger partial charge in [-0.1, -0.05) is 43.5 Å². The first-order chi connectivity index (χ1) is 15.3. The number of carbonyl (C=O) groups is 1. The lowest BCUT2D eigenvalue weighted by atomic mass is 9.88. The number of hydrogen-bond acceptors (Lipinski definition) is 4. The van der Waals surface area contributed by atoms with E-state index in [2.05, 4.69) is 28.1 Å². The third-order valence-corrected chi connectivity index (χ3v) is 6.87. The molecule has 1 aromatic carbocycles. The lowest BCUT2D eigenvalue weighted by Gasteiger charge is -2.35. The number of aromatic nitrogens is 1. The Morgan fingerprint density at radius 1 is 1.06 bits per heavy atom. The Hall–Kier alpha value is -2.40. The molecule has 2 aromatic rings. The normalized spacial score (nSPS) is 20.4. The van der Waals surface area contributed by atoms with E-state index in [1.165, 1.54) is 37.7 Å². The van der Waals surface area contributed by atoms with Gasteiger partial charge in [-0.25, -0.2) is 4.98 Å². The van der Waals surface area contributed by atoms with Gasteiger partial charge in [-0.2, -0.15) is 0 Å². The molecule has 0 bridgehead atoms. The molecule has 1 saturated carbocycles. The number of rotatable bonds is 7. The van der Waals surface area contributed by atoms with Crippen LogP contribution in [-0.2, 0) is 4.79 Å². The van der Waals surface area contributed by atoms with Crippen molar-refractivity contribution in [2.24, 2.45) is 5.92 Å². The maximum atomic E-state index is 13.4. The van der Waals surface area contributed by atoms with Crippen molar-refractivity contribution in [2.45, 2.75) is 50.9 Å². The van der Waals surface area contributed by atoms with Crippen LogP contribution in [0.1, 0.15) is 56.4 Å². The molecule has 1 aliphatic heterocycles. The van der Waals surface area contributed by atoms with Crippen LogP contribution in [0, 0.1) is 5.92 Å². The average Bonchev–Trinajstić information content (AvgIpc) is 2.85. The second kappa shape index (κ2) is 10.8. The van der Waals surface area contributed by atoms with Crippen LogP contribution in [0.2, 0.25) is 0 Å². The van der Waals surface area contributed by atoms with Gasteiger partial charge in [-0.05, 0) is 56.0 Å². The quantitative estimate of drug-likeness (QED) is 0.639. The summed E-state index contributed by atoms with van der Waals surface area (Å²) < 4.78 is 5.61. The van der Waals surface area contributed by atoms with E-state index in [0.717, 1.165) is 44.0 Å². The van der Waals surface area contributed by atoms with Crippen LogP contribution in [0.15, 0.2) is 48.7 Å². The molecule has 166 valence electrons. The highest BCUT2D eigenvalue weighted by molar-refractivity contribution is 5.94. The number of para-hydroxylation sites is 1. The van der Waals surface area contributed by atoms with Gasteiger partial charge < -0.3 is 9.64 Å². The van der Waals surface area contributed by atoms with Gasteiger partial charge in [-0.15, -0.1) is 0 Å². The van der Waals surface area contributed by atoms with Gasteiger partial charge in [0.1, 0.15) is 11.6 Å². The summed E-state index contributed by atoms with van der Waals surface area (Å²) in [4.78, 5) is 22.4. The fourth-order valence-electron chi connectivity index (χ4n) is 5.18. The average molecular weight is 422 g/mol. The molecule has 31 heavy (non-hydrogen) atoms. The number of methoxy groups -OCH3 is 1. The number of benzene rings is 1. The van der Waals surface area contributed by atoms with Gasteiger partial charge in [0, 0.05) is 37.7 Å². The topological polar surface area (TPSA) is 45.7 Å². The fraction of sp³-hybridized carbons (Fsp3) is 0.538. The molecule has 1 aliphatic carbocycles. The molecule has 2 fully saturated rings. The molecule has 4 rings (SSSR count). The summed E-state index contributed by atoms with van der Waals surface area (Å²) in [6.07, 6.45) is 9.76. The highest BCUT2D eigenvalue weighted by Crippen LogP contribution is 2.33. The summed E-state index contributed by atoms with van der Waals surface area (Å²) in [5, 5.41) is 0. The van der Waals surface area contributed by atoms with Crippen molar-refractivity contribution < 1.29 is 9.53 Å². The van der Waals surface area contributed by atoms with Crippen LogP contribution in [-0.4, -0.2) is 49.1 Å². The minimum absolute atomic E-state index is 0.151. The van der Waals surface area contributed by atoms with Crippen LogP contribution in [0.25, 0.3) is 0 Å². The van der Waals surface area contributed by atoms with Crippen molar-refractivity contribution in [1.29, 1.82) is 0 Å². The first-order valence-corrected chi connectivity index (χ1v) is 11.8. The van der Waals surface area contributed by atoms with E-state index in [9.17, 15) is 4.79 Å². The van der Waals surface area contributed by atoms with Crippen LogP contribution in [0.4, 0.5) is 5.82 Å². The predicted molar refractivity (Wildman–Crippen MR) is 125 cm³/mol. The Morgan fingerprint density at radius 3 is 2.65 bits per heavy atom. The lowest BCUT2D eigenvalue weighted by molar-refractivity contribution is -0.123. The number of anilines is 1. The first kappa shape index (κ1) is 21.8. The molecule has 1 aromatic heterocycles. The number of carbonyl (C=O) groups excluding carboxylic acids is 1. The van der Waals surface area contributed by atoms with Gasteiger partial charge in [-0.3, -0.25) is 9.69 Å². The van der Waals surface area contributed by atoms with Crippen LogP contribution in [0.3, 0.4) is 0 Å². The summed E-state index contributed by atoms with van der Waals surface area (Å²) in [6.45, 7) is 3.67. The molecule has 1 amide bonds. The molecule has 2 aliphatic rings. The van der Waals surface area contributed by atoms with Gasteiger partial charge >= 0.3 is 0 Å². The van der Waals surface area contributed by atoms with Crippen molar-refractivity contribution in [3.63, 3.8) is 0 Å². The van der Waals surface area contributed by atoms with Crippen molar-refractivity contribution in [3.8, 4) is 5.75 Å². The van der Waals surface area contributed by atoms with Gasteiger partial charge in [0.25, 0.3) is 0 Å². The zero-order chi connectivity index (χ0) is 21.5. The minimum Gasteiger partial charge on any atom is -0.496 e. The van der Waals surface area contributed by atoms with E-state index in [1.807, 2.05) is 29.2 Å². The van der Waals surface area contributed by atoms with E-state index in [4.69, 9.17) is 4.74 Å². The van der Waals surface area contributed by atoms with Gasteiger partial charge in [0.05, 0.1) is 7.11 Å². The summed E-state index contributed by atoms with van der Waals surface area (Å²) in [5.41, 5.74) is 1.30. The number of likely N-dealkylation sites (tertiary alicyclic amines) is 1. The van der Waals surface area contributed by atoms with Crippen molar-refractivity contribution in [1.82, 2.24) is 9.88 Å². The molecule has 0 spiro atoms. The van der Waals surface area contributed by atoms with Crippen molar-refractivity contribution in [3.05, 3.63) is 54.2 Å². The third kappa shape index (κ3) is 5.45. The highest BCUT2D eigenvalue weighted by Gasteiger charge is 2.29. The predicted octanol–water partition coefficient (Wildman–Crippen LogP) is 4.88. The number of nitrogens with zero attached hydrogens (tertiary/aromatic N) is 3. The molecule has 1 saturated heterocycles. The van der Waals surface area contributed by atoms with Crippen LogP contribution < -0.4 is 9.64 Å². The van der Waals surface area contributed by atoms with Crippen LogP contribution >= 0.6 is 0 Å². The number of amides is 1. The molecule has 1 atom stereocenters. The molecule has 5 heteroatoms. The Bertz CT molecular complexity index is 836. The molecule has 0 radical (unpaired) electrons. The highest BCUT2D eigenvalue weighted by atomic mass is 16.5. The number of pyridine rings is 1. The Balaban J connectivity index is 1.43. The number of hydrogen-bond donors (Lipinski definition) is 0. The van der Waals surface area contributed by atoms with E-state index < -0.39 is 0 Å². The minimum atomic E-state index is 0.151. The molecule has 2 heterocycles. The van der Waals surface area contributed by atoms with E-state index in [-0.39, 0.29) is 11.8 Å².